The Labute approximate surface area is 135 Å². The van der Waals surface area contributed by atoms with Gasteiger partial charge in [-0.15, -0.1) is 5.47 Å². The van der Waals surface area contributed by atoms with Gasteiger partial charge in [-0.05, 0) is 33.1 Å². The van der Waals surface area contributed by atoms with Gasteiger partial charge in [-0.2, -0.15) is 0 Å². The van der Waals surface area contributed by atoms with Crippen molar-refractivity contribution >= 4 is 38.5 Å². The number of allylic oxidation sites excluding steroid dienone is 2. The van der Waals surface area contributed by atoms with E-state index in [1.165, 1.54) is 10.9 Å². The number of rotatable bonds is 1. The highest BCUT2D eigenvalue weighted by Crippen LogP contribution is 2.56. The van der Waals surface area contributed by atoms with Crippen LogP contribution in [0.3, 0.4) is 0 Å². The van der Waals surface area contributed by atoms with Crippen LogP contribution in [0.15, 0.2) is 10.9 Å². The summed E-state index contributed by atoms with van der Waals surface area (Å²) in [5.74, 6) is 0.555. The Balaban J connectivity index is 2.46. The first-order valence-corrected chi connectivity index (χ1v) is 8.28. The van der Waals surface area contributed by atoms with Crippen LogP contribution in [0.25, 0.3) is 0 Å². The second kappa shape index (κ2) is 4.74. The van der Waals surface area contributed by atoms with Gasteiger partial charge in [0.05, 0.1) is 11.2 Å². The Morgan fingerprint density at radius 3 is 1.86 bits per heavy atom. The molecule has 0 bridgehead atoms. The predicted octanol–water partition coefficient (Wildman–Crippen LogP) is -0.261. The molecule has 0 aromatic heterocycles. The highest BCUT2D eigenvalue weighted by atomic mass is 16.7. The van der Waals surface area contributed by atoms with E-state index in [4.69, 9.17) is 9.31 Å². The highest BCUT2D eigenvalue weighted by Gasteiger charge is 2.56. The molecule has 0 spiro atoms. The molecular weight excluding hydrogens is 254 g/mol. The third-order valence-corrected chi connectivity index (χ3v) is 6.36. The lowest BCUT2D eigenvalue weighted by Gasteiger charge is -2.49. The van der Waals surface area contributed by atoms with E-state index in [2.05, 4.69) is 72.9 Å². The largest absolute Gasteiger partial charge is 0.488 e. The minimum absolute atomic E-state index is 0.112. The first kappa shape index (κ1) is 17.3. The lowest BCUT2D eigenvalue weighted by atomic mass is 9.32. The molecule has 2 aliphatic rings. The predicted molar refractivity (Wildman–Crippen MR) is 102 cm³/mol. The smallest absolute Gasteiger partial charge is 0.400 e. The van der Waals surface area contributed by atoms with Crippen molar-refractivity contribution in [1.29, 1.82) is 0 Å². The van der Waals surface area contributed by atoms with E-state index in [9.17, 15) is 0 Å². The van der Waals surface area contributed by atoms with Gasteiger partial charge < -0.3 is 9.31 Å². The van der Waals surface area contributed by atoms with Crippen LogP contribution < -0.4 is 0 Å². The van der Waals surface area contributed by atoms with Crippen LogP contribution in [0.1, 0.15) is 48.0 Å². The zero-order valence-corrected chi connectivity index (χ0v) is 15.7. The molecule has 1 aliphatic heterocycles. The second-order valence-corrected chi connectivity index (χ2v) is 9.46. The average Bonchev–Trinajstić information content (AvgIpc) is 2.42. The summed E-state index contributed by atoms with van der Waals surface area (Å²) in [4.78, 5) is 0. The molecular formula is C14H29B5O2. The fourth-order valence-electron chi connectivity index (χ4n) is 4.21. The minimum atomic E-state index is -0.267. The standard InChI is InChI=1S/C14H29B5O2/c1-11(2)7-14(17,18)10(8(15)9(11)16)19-20-12(3,4)13(5,6)21-19/h9H,7,15-18H2,1-6H3. The first-order valence-electron chi connectivity index (χ1n) is 8.28. The van der Waals surface area contributed by atoms with Crippen LogP contribution in [-0.2, 0) is 9.31 Å². The summed E-state index contributed by atoms with van der Waals surface area (Å²) < 4.78 is 12.7. The molecule has 7 heteroatoms. The summed E-state index contributed by atoms with van der Waals surface area (Å²) in [6, 6.07) is 0. The van der Waals surface area contributed by atoms with Crippen molar-refractivity contribution in [2.45, 2.75) is 70.2 Å². The molecule has 1 fully saturated rings. The maximum Gasteiger partial charge on any atom is 0.488 e. The third-order valence-electron chi connectivity index (χ3n) is 6.36. The fraction of sp³-hybridized carbons (Fsp3) is 0.857. The molecule has 2 nitrogen and oxygen atoms in total. The van der Waals surface area contributed by atoms with Gasteiger partial charge >= 0.3 is 7.12 Å². The Bertz CT molecular complexity index is 466. The van der Waals surface area contributed by atoms with Gasteiger partial charge in [0.15, 0.2) is 0 Å². The van der Waals surface area contributed by atoms with Crippen molar-refractivity contribution in [3.05, 3.63) is 10.9 Å². The molecule has 0 saturated carbocycles. The van der Waals surface area contributed by atoms with Gasteiger partial charge in [-0.3, -0.25) is 0 Å². The maximum absolute atomic E-state index is 6.35. The monoisotopic (exact) mass is 284 g/mol. The van der Waals surface area contributed by atoms with Crippen LogP contribution >= 0.6 is 0 Å². The Hall–Kier alpha value is -0.0153. The Morgan fingerprint density at radius 1 is 1.00 bits per heavy atom. The maximum atomic E-state index is 6.35. The molecule has 0 aromatic carbocycles. The molecule has 1 aliphatic carbocycles. The van der Waals surface area contributed by atoms with Crippen LogP contribution in [0.5, 0.6) is 0 Å². The van der Waals surface area contributed by atoms with Crippen LogP contribution in [0.4, 0.5) is 0 Å². The normalized spacial score (nSPS) is 33.2. The molecule has 112 valence electrons. The second-order valence-electron chi connectivity index (χ2n) is 9.46. The lowest BCUT2D eigenvalue weighted by molar-refractivity contribution is 0.00578. The molecule has 0 N–H and O–H groups in total. The zero-order chi connectivity index (χ0) is 16.4. The number of hydrogen-bond acceptors (Lipinski definition) is 2. The lowest BCUT2D eigenvalue weighted by Crippen LogP contribution is -2.42. The molecule has 21 heavy (non-hydrogen) atoms. The number of hydrogen-bond donors (Lipinski definition) is 0. The van der Waals surface area contributed by atoms with Gasteiger partial charge in [-0.1, -0.05) is 36.8 Å². The molecule has 1 heterocycles. The van der Waals surface area contributed by atoms with Crippen LogP contribution in [0.2, 0.25) is 11.0 Å². The van der Waals surface area contributed by atoms with E-state index in [-0.39, 0.29) is 23.5 Å². The van der Waals surface area contributed by atoms with E-state index in [1.807, 2.05) is 0 Å². The van der Waals surface area contributed by atoms with E-state index in [1.54, 1.807) is 0 Å². The summed E-state index contributed by atoms with van der Waals surface area (Å²) in [6.07, 6.45) is 1.16. The van der Waals surface area contributed by atoms with Crippen LogP contribution in [0, 0.1) is 5.41 Å². The summed E-state index contributed by atoms with van der Waals surface area (Å²) in [5, 5.41) is 0.112. The molecule has 1 atom stereocenters. The summed E-state index contributed by atoms with van der Waals surface area (Å²) >= 11 is 0. The van der Waals surface area contributed by atoms with E-state index >= 15 is 0 Å². The van der Waals surface area contributed by atoms with Crippen molar-refractivity contribution in [3.8, 4) is 0 Å². The molecule has 0 aromatic rings. The molecule has 2 rings (SSSR count). The topological polar surface area (TPSA) is 18.5 Å². The molecule has 0 radical (unpaired) electrons. The highest BCUT2D eigenvalue weighted by molar-refractivity contribution is 6.64. The zero-order valence-electron chi connectivity index (χ0n) is 15.7. The minimum Gasteiger partial charge on any atom is -0.400 e. The fourth-order valence-corrected chi connectivity index (χ4v) is 4.21. The summed E-state index contributed by atoms with van der Waals surface area (Å²) in [7, 11) is 9.09. The van der Waals surface area contributed by atoms with Crippen molar-refractivity contribution in [1.82, 2.24) is 0 Å². The summed E-state index contributed by atoms with van der Waals surface area (Å²) in [5.41, 5.74) is 2.61. The quantitative estimate of drug-likeness (QED) is 0.617. The van der Waals surface area contributed by atoms with Gasteiger partial charge in [0.25, 0.3) is 0 Å². The molecule has 0 amide bonds. The van der Waals surface area contributed by atoms with Gasteiger partial charge in [0.1, 0.15) is 31.4 Å². The van der Waals surface area contributed by atoms with E-state index in [0.29, 0.717) is 11.2 Å². The molecule has 1 saturated heterocycles. The summed E-state index contributed by atoms with van der Waals surface area (Å²) in [6.45, 7) is 13.3. The third kappa shape index (κ3) is 2.69. The van der Waals surface area contributed by atoms with Crippen molar-refractivity contribution < 1.29 is 9.31 Å². The Kier molecular flexibility index (Phi) is 3.91. The Morgan fingerprint density at radius 2 is 1.43 bits per heavy atom. The van der Waals surface area contributed by atoms with Crippen molar-refractivity contribution in [2.75, 3.05) is 0 Å². The SMILES string of the molecule is BC1=C(B2OC(C)(C)C(C)(C)O2)C(B)(B)CC(C)(C)C1B. The first-order chi connectivity index (χ1) is 9.21. The van der Waals surface area contributed by atoms with Gasteiger partial charge in [-0.25, -0.2) is 0 Å². The van der Waals surface area contributed by atoms with E-state index < -0.39 is 0 Å². The average molecular weight is 283 g/mol. The van der Waals surface area contributed by atoms with Crippen LogP contribution in [-0.4, -0.2) is 49.7 Å². The van der Waals surface area contributed by atoms with Crippen molar-refractivity contribution in [2.24, 2.45) is 5.41 Å². The molecule has 1 unspecified atom stereocenters. The van der Waals surface area contributed by atoms with Crippen molar-refractivity contribution in [3.63, 3.8) is 0 Å². The van der Waals surface area contributed by atoms with E-state index in [0.717, 1.165) is 6.42 Å². The van der Waals surface area contributed by atoms with Gasteiger partial charge in [0.2, 0.25) is 0 Å². The van der Waals surface area contributed by atoms with Gasteiger partial charge in [0, 0.05) is 0 Å².